The molecule has 9 nitrogen and oxygen atoms in total. The van der Waals surface area contributed by atoms with Crippen molar-refractivity contribution in [2.24, 2.45) is 5.16 Å². The van der Waals surface area contributed by atoms with E-state index in [0.29, 0.717) is 5.75 Å². The van der Waals surface area contributed by atoms with Crippen molar-refractivity contribution < 1.29 is 29.1 Å². The number of aliphatic carboxylic acids is 1. The number of carbonyl (C=O) groups excluding carboxylic acids is 3. The van der Waals surface area contributed by atoms with E-state index in [9.17, 15) is 19.2 Å². The number of carbonyl (C=O) groups is 4. The maximum atomic E-state index is 12.0. The van der Waals surface area contributed by atoms with Crippen molar-refractivity contribution in [3.8, 4) is 0 Å². The number of hydrogen-bond acceptors (Lipinski definition) is 7. The number of hydrogen-bond donors (Lipinski definition) is 2. The van der Waals surface area contributed by atoms with Crippen LogP contribution in [0.1, 0.15) is 6.92 Å². The lowest BCUT2D eigenvalue weighted by Crippen LogP contribution is -2.70. The van der Waals surface area contributed by atoms with Crippen molar-refractivity contribution in [3.63, 3.8) is 0 Å². The van der Waals surface area contributed by atoms with Gasteiger partial charge in [-0.3, -0.25) is 19.3 Å². The number of thioether (sulfide) groups is 1. The number of carboxylic acid groups (broad SMARTS) is 1. The maximum Gasteiger partial charge on any atom is 0.352 e. The van der Waals surface area contributed by atoms with E-state index in [4.69, 9.17) is 5.11 Å². The third-order valence-electron chi connectivity index (χ3n) is 3.08. The molecule has 2 N–H and O–H groups in total. The molecule has 0 bridgehead atoms. The summed E-state index contributed by atoms with van der Waals surface area (Å²) in [7, 11) is 1.19. The van der Waals surface area contributed by atoms with Crippen LogP contribution in [0.5, 0.6) is 0 Å². The fourth-order valence-electron chi connectivity index (χ4n) is 2.10. The van der Waals surface area contributed by atoms with E-state index in [1.807, 2.05) is 0 Å². The molecule has 1 unspecified atom stereocenters. The molecule has 0 saturated carbocycles. The second-order valence-electron chi connectivity index (χ2n) is 4.46. The molecule has 118 valence electrons. The minimum absolute atomic E-state index is 0.100. The Labute approximate surface area is 129 Å². The van der Waals surface area contributed by atoms with Gasteiger partial charge in [-0.15, -0.1) is 11.8 Å². The second kappa shape index (κ2) is 6.18. The Hall–Kier alpha value is -2.36. The SMILES string of the molecule is CON=C(C(C)=O)C(=O)NC1C(=O)N2C(C(=O)O)=CCS[C@H]12. The summed E-state index contributed by atoms with van der Waals surface area (Å²) in [5, 5.41) is 14.2. The normalized spacial score (nSPS) is 23.9. The Morgan fingerprint density at radius 3 is 2.73 bits per heavy atom. The summed E-state index contributed by atoms with van der Waals surface area (Å²) >= 11 is 1.32. The number of ketones is 1. The zero-order chi connectivity index (χ0) is 16.4. The van der Waals surface area contributed by atoms with Gasteiger partial charge in [0.1, 0.15) is 24.2 Å². The van der Waals surface area contributed by atoms with Crippen LogP contribution >= 0.6 is 11.8 Å². The lowest BCUT2D eigenvalue weighted by Gasteiger charge is -2.48. The number of fused-ring (bicyclic) bond motifs is 1. The molecule has 0 radical (unpaired) electrons. The van der Waals surface area contributed by atoms with Gasteiger partial charge in [-0.25, -0.2) is 4.79 Å². The molecule has 1 saturated heterocycles. The van der Waals surface area contributed by atoms with Gasteiger partial charge in [0.15, 0.2) is 5.78 Å². The zero-order valence-electron chi connectivity index (χ0n) is 11.7. The molecule has 2 aliphatic heterocycles. The third-order valence-corrected chi connectivity index (χ3v) is 4.27. The third kappa shape index (κ3) is 2.69. The van der Waals surface area contributed by atoms with Crippen LogP contribution in [0.25, 0.3) is 0 Å². The fraction of sp³-hybridized carbons (Fsp3) is 0.417. The van der Waals surface area contributed by atoms with Gasteiger partial charge in [0, 0.05) is 12.7 Å². The van der Waals surface area contributed by atoms with Crippen molar-refractivity contribution in [2.75, 3.05) is 12.9 Å². The quantitative estimate of drug-likeness (QED) is 0.285. The molecule has 0 spiro atoms. The number of amides is 2. The van der Waals surface area contributed by atoms with Gasteiger partial charge in [-0.05, 0) is 6.08 Å². The number of nitrogens with zero attached hydrogens (tertiary/aromatic N) is 2. The Balaban J connectivity index is 2.11. The molecule has 2 rings (SSSR count). The first-order valence-corrected chi connectivity index (χ1v) is 7.24. The van der Waals surface area contributed by atoms with Crippen LogP contribution in [0, 0.1) is 0 Å². The minimum Gasteiger partial charge on any atom is -0.477 e. The standard InChI is InChI=1S/C12H13N3O6S/c1-5(16)7(14-21-2)9(17)13-8-10(18)15-6(12(19)20)3-4-22-11(8)15/h3,8,11H,4H2,1-2H3,(H,13,17)(H,19,20)/t8?,11-/m1/s1. The highest BCUT2D eigenvalue weighted by molar-refractivity contribution is 8.00. The van der Waals surface area contributed by atoms with E-state index >= 15 is 0 Å². The average Bonchev–Trinajstić information content (AvgIpc) is 2.48. The van der Waals surface area contributed by atoms with Gasteiger partial charge in [-0.1, -0.05) is 5.16 Å². The first-order valence-electron chi connectivity index (χ1n) is 6.19. The fourth-order valence-corrected chi connectivity index (χ4v) is 3.30. The summed E-state index contributed by atoms with van der Waals surface area (Å²) in [4.78, 5) is 51.9. The van der Waals surface area contributed by atoms with Crippen molar-refractivity contribution in [2.45, 2.75) is 18.3 Å². The van der Waals surface area contributed by atoms with E-state index in [1.54, 1.807) is 0 Å². The summed E-state index contributed by atoms with van der Waals surface area (Å²) in [6, 6.07) is -0.901. The minimum atomic E-state index is -1.20. The predicted molar refractivity (Wildman–Crippen MR) is 75.9 cm³/mol. The first-order chi connectivity index (χ1) is 10.4. The topological polar surface area (TPSA) is 125 Å². The highest BCUT2D eigenvalue weighted by Gasteiger charge is 2.53. The molecule has 0 aliphatic carbocycles. The van der Waals surface area contributed by atoms with Crippen LogP contribution in [0.3, 0.4) is 0 Å². The molecule has 2 aliphatic rings. The number of β-lactam (4-membered cyclic amide) rings is 1. The number of nitrogens with one attached hydrogen (secondary N) is 1. The van der Waals surface area contributed by atoms with E-state index in [0.717, 1.165) is 11.8 Å². The summed E-state index contributed by atoms with van der Waals surface area (Å²) in [6.07, 6.45) is 1.44. The molecule has 1 fully saturated rings. The van der Waals surface area contributed by atoms with Crippen LogP contribution < -0.4 is 5.32 Å². The molecule has 0 aromatic rings. The van der Waals surface area contributed by atoms with Crippen molar-refractivity contribution >= 4 is 41.0 Å². The summed E-state index contributed by atoms with van der Waals surface area (Å²) < 4.78 is 0. The van der Waals surface area contributed by atoms with Gasteiger partial charge in [0.2, 0.25) is 5.71 Å². The largest absolute Gasteiger partial charge is 0.477 e. The van der Waals surface area contributed by atoms with Gasteiger partial charge in [0.25, 0.3) is 11.8 Å². The van der Waals surface area contributed by atoms with Crippen LogP contribution in [-0.4, -0.2) is 63.6 Å². The average molecular weight is 327 g/mol. The molecule has 2 heterocycles. The molecule has 22 heavy (non-hydrogen) atoms. The van der Waals surface area contributed by atoms with Gasteiger partial charge < -0.3 is 15.3 Å². The van der Waals surface area contributed by atoms with E-state index in [1.165, 1.54) is 24.9 Å². The smallest absolute Gasteiger partial charge is 0.352 e. The van der Waals surface area contributed by atoms with Crippen molar-refractivity contribution in [1.82, 2.24) is 10.2 Å². The highest BCUT2D eigenvalue weighted by Crippen LogP contribution is 2.37. The molecular formula is C12H13N3O6S. The van der Waals surface area contributed by atoms with E-state index in [-0.39, 0.29) is 5.70 Å². The summed E-state index contributed by atoms with van der Waals surface area (Å²) in [6.45, 7) is 1.15. The first kappa shape index (κ1) is 16.0. The van der Waals surface area contributed by atoms with Gasteiger partial charge in [0.05, 0.1) is 0 Å². The van der Waals surface area contributed by atoms with E-state index in [2.05, 4.69) is 15.3 Å². The predicted octanol–water partition coefficient (Wildman–Crippen LogP) is -1.05. The Morgan fingerprint density at radius 2 is 2.18 bits per heavy atom. The van der Waals surface area contributed by atoms with Crippen LogP contribution in [0.15, 0.2) is 16.9 Å². The highest BCUT2D eigenvalue weighted by atomic mass is 32.2. The van der Waals surface area contributed by atoms with Crippen LogP contribution in [0.4, 0.5) is 0 Å². The van der Waals surface area contributed by atoms with Gasteiger partial charge >= 0.3 is 5.97 Å². The van der Waals surface area contributed by atoms with Crippen LogP contribution in [0.2, 0.25) is 0 Å². The summed E-state index contributed by atoms with van der Waals surface area (Å²) in [5.74, 6) is -2.77. The monoisotopic (exact) mass is 327 g/mol. The van der Waals surface area contributed by atoms with Crippen LogP contribution in [-0.2, 0) is 24.0 Å². The number of Topliss-reactive ketones (excluding diaryl/α,β-unsaturated/α-hetero) is 1. The number of oxime groups is 1. The zero-order valence-corrected chi connectivity index (χ0v) is 12.5. The molecule has 10 heteroatoms. The Bertz CT molecular complexity index is 614. The number of carboxylic acids is 1. The molecule has 0 aromatic carbocycles. The molecule has 2 amide bonds. The Kier molecular flexibility index (Phi) is 4.50. The maximum absolute atomic E-state index is 12.0. The molecular weight excluding hydrogens is 314 g/mol. The summed E-state index contributed by atoms with van der Waals surface area (Å²) in [5.41, 5.74) is -0.555. The lowest BCUT2D eigenvalue weighted by atomic mass is 10.0. The van der Waals surface area contributed by atoms with E-state index < -0.39 is 40.7 Å². The van der Waals surface area contributed by atoms with Crippen molar-refractivity contribution in [1.29, 1.82) is 0 Å². The second-order valence-corrected chi connectivity index (χ2v) is 5.61. The van der Waals surface area contributed by atoms with Crippen molar-refractivity contribution in [3.05, 3.63) is 11.8 Å². The lowest BCUT2D eigenvalue weighted by molar-refractivity contribution is -0.150. The molecule has 2 atom stereocenters. The Morgan fingerprint density at radius 1 is 1.50 bits per heavy atom. The molecule has 0 aromatic heterocycles. The number of rotatable bonds is 5. The van der Waals surface area contributed by atoms with Gasteiger partial charge in [-0.2, -0.15) is 0 Å².